The van der Waals surface area contributed by atoms with Gasteiger partial charge in [-0.15, -0.1) is 0 Å². The third-order valence-electron chi connectivity index (χ3n) is 14.2. The Hall–Kier alpha value is -1.66. The summed E-state index contributed by atoms with van der Waals surface area (Å²) in [5, 5.41) is 23.2. The van der Waals surface area contributed by atoms with Crippen molar-refractivity contribution in [1.29, 1.82) is 0 Å². The summed E-state index contributed by atoms with van der Waals surface area (Å²) in [6, 6.07) is -0.646. The van der Waals surface area contributed by atoms with Gasteiger partial charge >= 0.3 is 5.97 Å². The number of allylic oxidation sites excluding steroid dienone is 3. The zero-order chi connectivity index (χ0) is 49.3. The second-order valence-electron chi connectivity index (χ2n) is 21.0. The van der Waals surface area contributed by atoms with Crippen molar-refractivity contribution in [3.8, 4) is 0 Å². The van der Waals surface area contributed by atoms with Crippen molar-refractivity contribution in [2.45, 2.75) is 347 Å². The third kappa shape index (κ3) is 53.7. The van der Waals surface area contributed by atoms with Gasteiger partial charge < -0.3 is 20.3 Å². The number of unbranched alkanes of at least 4 members (excludes halogenated alkanes) is 44. The van der Waals surface area contributed by atoms with Gasteiger partial charge in [0.25, 0.3) is 0 Å². The van der Waals surface area contributed by atoms with Gasteiger partial charge in [-0.25, -0.2) is 0 Å². The molecule has 0 aromatic rings. The van der Waals surface area contributed by atoms with Crippen LogP contribution < -0.4 is 5.32 Å². The lowest BCUT2D eigenvalue weighted by molar-refractivity contribution is -0.143. The summed E-state index contributed by atoms with van der Waals surface area (Å²) >= 11 is 0. The van der Waals surface area contributed by atoms with Gasteiger partial charge in [0, 0.05) is 12.8 Å². The molecule has 0 spiro atoms. The van der Waals surface area contributed by atoms with Crippen LogP contribution in [0.4, 0.5) is 0 Å². The molecule has 0 rings (SSSR count). The second kappa shape index (κ2) is 57.9. The Morgan fingerprint density at radius 2 is 0.691 bits per heavy atom. The summed E-state index contributed by atoms with van der Waals surface area (Å²) < 4.78 is 5.47. The Balaban J connectivity index is 3.49. The minimum Gasteiger partial charge on any atom is -0.466 e. The standard InChI is InChI=1S/C62H119NO5/c1-3-5-7-9-11-13-15-17-19-21-22-23-24-25-26-27-29-30-32-34-38-42-46-50-54-60(65)59(58-64)63-61(66)55-51-47-43-39-36-37-41-45-49-53-57-68-62(67)56-52-48-44-40-35-33-31-28-20-18-16-14-12-10-8-6-4-2/h18,20,50,54,59-60,64-65H,3-17,19,21-49,51-53,55-58H2,1-2H3,(H,63,66)/b20-18-,54-50+. The highest BCUT2D eigenvalue weighted by molar-refractivity contribution is 5.76. The number of hydrogen-bond acceptors (Lipinski definition) is 5. The fraction of sp³-hybridized carbons (Fsp3) is 0.903. The van der Waals surface area contributed by atoms with E-state index in [1.165, 1.54) is 250 Å². The Kier molecular flexibility index (Phi) is 56.5. The summed E-state index contributed by atoms with van der Waals surface area (Å²) in [6.45, 7) is 4.87. The fourth-order valence-corrected chi connectivity index (χ4v) is 9.51. The molecule has 3 N–H and O–H groups in total. The number of aliphatic hydroxyl groups is 2. The van der Waals surface area contributed by atoms with Gasteiger partial charge in [-0.2, -0.15) is 0 Å². The molecule has 0 heterocycles. The number of rotatable bonds is 57. The molecule has 0 bridgehead atoms. The first-order valence-corrected chi connectivity index (χ1v) is 30.6. The van der Waals surface area contributed by atoms with E-state index in [0.717, 1.165) is 57.8 Å². The van der Waals surface area contributed by atoms with Crippen molar-refractivity contribution in [3.63, 3.8) is 0 Å². The predicted octanol–water partition coefficient (Wildman–Crippen LogP) is 19.0. The van der Waals surface area contributed by atoms with Gasteiger partial charge in [-0.05, 0) is 57.8 Å². The average Bonchev–Trinajstić information content (AvgIpc) is 3.34. The Bertz CT molecular complexity index is 1060. The normalized spacial score (nSPS) is 12.7. The van der Waals surface area contributed by atoms with E-state index < -0.39 is 12.1 Å². The highest BCUT2D eigenvalue weighted by Crippen LogP contribution is 2.17. The Morgan fingerprint density at radius 1 is 0.397 bits per heavy atom. The van der Waals surface area contributed by atoms with E-state index in [1.807, 2.05) is 6.08 Å². The molecule has 2 unspecified atom stereocenters. The first kappa shape index (κ1) is 66.3. The fourth-order valence-electron chi connectivity index (χ4n) is 9.51. The Labute approximate surface area is 424 Å². The molecule has 68 heavy (non-hydrogen) atoms. The van der Waals surface area contributed by atoms with E-state index in [0.29, 0.717) is 19.4 Å². The van der Waals surface area contributed by atoms with E-state index in [9.17, 15) is 19.8 Å². The average molecular weight is 959 g/mol. The lowest BCUT2D eigenvalue weighted by Crippen LogP contribution is -2.45. The smallest absolute Gasteiger partial charge is 0.305 e. The molecule has 6 nitrogen and oxygen atoms in total. The number of amides is 1. The van der Waals surface area contributed by atoms with Crippen molar-refractivity contribution < 1.29 is 24.5 Å². The van der Waals surface area contributed by atoms with Gasteiger partial charge in [-0.3, -0.25) is 9.59 Å². The molecule has 0 aliphatic rings. The lowest BCUT2D eigenvalue weighted by Gasteiger charge is -2.20. The lowest BCUT2D eigenvalue weighted by atomic mass is 10.0. The van der Waals surface area contributed by atoms with Crippen LogP contribution in [0.5, 0.6) is 0 Å². The van der Waals surface area contributed by atoms with Crippen LogP contribution in [0.2, 0.25) is 0 Å². The number of nitrogens with one attached hydrogen (secondary N) is 1. The first-order valence-electron chi connectivity index (χ1n) is 30.6. The monoisotopic (exact) mass is 958 g/mol. The molecule has 0 aromatic carbocycles. The highest BCUT2D eigenvalue weighted by atomic mass is 16.5. The highest BCUT2D eigenvalue weighted by Gasteiger charge is 2.18. The maximum absolute atomic E-state index is 12.5. The molecule has 1 amide bonds. The summed E-state index contributed by atoms with van der Waals surface area (Å²) in [7, 11) is 0. The SMILES string of the molecule is CCCCCCCC/C=C\CCCCCCCCCC(=O)OCCCCCCCCCCCCC(=O)NC(CO)C(O)/C=C/CCCCCCCCCCCCCCCCCCCCCCCC. The molecule has 0 fully saturated rings. The van der Waals surface area contributed by atoms with Crippen molar-refractivity contribution in [3.05, 3.63) is 24.3 Å². The molecule has 0 aliphatic carbocycles. The van der Waals surface area contributed by atoms with Crippen LogP contribution in [-0.4, -0.2) is 47.4 Å². The number of esters is 1. The molecule has 0 saturated carbocycles. The predicted molar refractivity (Wildman–Crippen MR) is 296 cm³/mol. The van der Waals surface area contributed by atoms with Crippen LogP contribution in [-0.2, 0) is 14.3 Å². The van der Waals surface area contributed by atoms with Crippen molar-refractivity contribution in [1.82, 2.24) is 5.32 Å². The molecular formula is C62H119NO5. The van der Waals surface area contributed by atoms with Crippen molar-refractivity contribution >= 4 is 11.9 Å². The van der Waals surface area contributed by atoms with E-state index >= 15 is 0 Å². The van der Waals surface area contributed by atoms with Crippen LogP contribution in [0, 0.1) is 0 Å². The van der Waals surface area contributed by atoms with Crippen molar-refractivity contribution in [2.75, 3.05) is 13.2 Å². The minimum absolute atomic E-state index is 0.0232. The summed E-state index contributed by atoms with van der Waals surface area (Å²) in [4.78, 5) is 24.6. The molecule has 0 radical (unpaired) electrons. The summed E-state index contributed by atoms with van der Waals surface area (Å²) in [6.07, 6.45) is 70.6. The molecule has 0 aliphatic heterocycles. The van der Waals surface area contributed by atoms with Crippen LogP contribution in [0.1, 0.15) is 335 Å². The summed E-state index contributed by atoms with van der Waals surface area (Å²) in [5.41, 5.74) is 0. The minimum atomic E-state index is -0.860. The summed E-state index contributed by atoms with van der Waals surface area (Å²) in [5.74, 6) is -0.111. The Morgan fingerprint density at radius 3 is 1.04 bits per heavy atom. The van der Waals surface area contributed by atoms with Crippen molar-refractivity contribution in [2.24, 2.45) is 0 Å². The molecular weight excluding hydrogens is 839 g/mol. The van der Waals surface area contributed by atoms with E-state index in [2.05, 4.69) is 31.3 Å². The molecule has 402 valence electrons. The van der Waals surface area contributed by atoms with E-state index in [1.54, 1.807) is 6.08 Å². The molecule has 0 aromatic heterocycles. The van der Waals surface area contributed by atoms with Crippen LogP contribution in [0.25, 0.3) is 0 Å². The van der Waals surface area contributed by atoms with Crippen LogP contribution in [0.15, 0.2) is 24.3 Å². The maximum atomic E-state index is 12.5. The van der Waals surface area contributed by atoms with Gasteiger partial charge in [0.2, 0.25) is 5.91 Å². The van der Waals surface area contributed by atoms with E-state index in [4.69, 9.17) is 4.74 Å². The van der Waals surface area contributed by atoms with E-state index in [-0.39, 0.29) is 18.5 Å². The number of aliphatic hydroxyl groups excluding tert-OH is 2. The van der Waals surface area contributed by atoms with Crippen LogP contribution in [0.3, 0.4) is 0 Å². The van der Waals surface area contributed by atoms with Crippen LogP contribution >= 0.6 is 0 Å². The second-order valence-corrected chi connectivity index (χ2v) is 21.0. The molecule has 0 saturated heterocycles. The molecule has 6 heteroatoms. The first-order chi connectivity index (χ1) is 33.5. The quantitative estimate of drug-likeness (QED) is 0.0321. The number of hydrogen-bond donors (Lipinski definition) is 3. The maximum Gasteiger partial charge on any atom is 0.305 e. The number of ether oxygens (including phenoxy) is 1. The third-order valence-corrected chi connectivity index (χ3v) is 14.2. The molecule has 2 atom stereocenters. The number of carbonyl (C=O) groups excluding carboxylic acids is 2. The van der Waals surface area contributed by atoms with Gasteiger partial charge in [0.05, 0.1) is 25.4 Å². The van der Waals surface area contributed by atoms with Gasteiger partial charge in [0.1, 0.15) is 0 Å². The topological polar surface area (TPSA) is 95.9 Å². The largest absolute Gasteiger partial charge is 0.466 e. The van der Waals surface area contributed by atoms with Gasteiger partial charge in [0.15, 0.2) is 0 Å². The zero-order valence-electron chi connectivity index (χ0n) is 45.9. The zero-order valence-corrected chi connectivity index (χ0v) is 45.9. The number of carbonyl (C=O) groups is 2. The van der Waals surface area contributed by atoms with Gasteiger partial charge in [-0.1, -0.05) is 289 Å².